The van der Waals surface area contributed by atoms with Crippen LogP contribution in [0.3, 0.4) is 0 Å². The van der Waals surface area contributed by atoms with Crippen LogP contribution in [0.1, 0.15) is 24.8 Å². The summed E-state index contributed by atoms with van der Waals surface area (Å²) in [7, 11) is -3.40. The Morgan fingerprint density at radius 2 is 1.84 bits per heavy atom. The number of likely N-dealkylation sites (tertiary alicyclic amines) is 1. The van der Waals surface area contributed by atoms with Crippen LogP contribution in [0.5, 0.6) is 0 Å². The highest BCUT2D eigenvalue weighted by molar-refractivity contribution is 7.88. The SMILES string of the molecule is CS(=O)(=O)N[C@@H]1[C@H](Cc2cccc(-c3ccccc3)c2)N(C(=O)C2CCO2)CC12CC2. The van der Waals surface area contributed by atoms with E-state index in [2.05, 4.69) is 35.1 Å². The normalized spacial score (nSPS) is 26.6. The van der Waals surface area contributed by atoms with E-state index < -0.39 is 10.0 Å². The van der Waals surface area contributed by atoms with Gasteiger partial charge in [-0.1, -0.05) is 54.6 Å². The summed E-state index contributed by atoms with van der Waals surface area (Å²) in [5.74, 6) is -0.000426. The van der Waals surface area contributed by atoms with Gasteiger partial charge in [0.05, 0.1) is 18.9 Å². The van der Waals surface area contributed by atoms with Crippen molar-refractivity contribution in [2.45, 2.75) is 43.9 Å². The number of nitrogens with one attached hydrogen (secondary N) is 1. The second-order valence-electron chi connectivity index (χ2n) is 9.18. The van der Waals surface area contributed by atoms with Crippen molar-refractivity contribution in [2.24, 2.45) is 5.41 Å². The molecule has 2 heterocycles. The molecule has 3 atom stereocenters. The van der Waals surface area contributed by atoms with Crippen LogP contribution in [-0.2, 0) is 26.0 Å². The summed E-state index contributed by atoms with van der Waals surface area (Å²) in [5.41, 5.74) is 3.20. The van der Waals surface area contributed by atoms with E-state index in [1.54, 1.807) is 0 Å². The minimum atomic E-state index is -3.40. The van der Waals surface area contributed by atoms with E-state index in [1.165, 1.54) is 6.26 Å². The maximum atomic E-state index is 13.2. The molecule has 6 nitrogen and oxygen atoms in total. The van der Waals surface area contributed by atoms with E-state index >= 15 is 0 Å². The molecule has 164 valence electrons. The molecule has 2 saturated heterocycles. The first-order valence-corrected chi connectivity index (χ1v) is 12.8. The molecule has 0 radical (unpaired) electrons. The molecule has 2 aliphatic heterocycles. The van der Waals surface area contributed by atoms with Gasteiger partial charge in [-0.3, -0.25) is 4.79 Å². The molecule has 2 aromatic rings. The highest BCUT2D eigenvalue weighted by atomic mass is 32.2. The molecule has 2 aromatic carbocycles. The number of hydrogen-bond acceptors (Lipinski definition) is 4. The van der Waals surface area contributed by atoms with E-state index in [0.29, 0.717) is 19.6 Å². The molecule has 1 unspecified atom stereocenters. The van der Waals surface area contributed by atoms with Crippen molar-refractivity contribution in [1.29, 1.82) is 0 Å². The number of amides is 1. The minimum Gasteiger partial charge on any atom is -0.368 e. The number of nitrogens with zero attached hydrogens (tertiary/aromatic N) is 1. The van der Waals surface area contributed by atoms with Gasteiger partial charge in [0.1, 0.15) is 6.10 Å². The van der Waals surface area contributed by atoms with Crippen LogP contribution in [0.2, 0.25) is 0 Å². The van der Waals surface area contributed by atoms with Crippen LogP contribution in [0.4, 0.5) is 0 Å². The Hall–Kier alpha value is -2.22. The zero-order valence-corrected chi connectivity index (χ0v) is 18.5. The van der Waals surface area contributed by atoms with Crippen molar-refractivity contribution >= 4 is 15.9 Å². The monoisotopic (exact) mass is 440 g/mol. The number of carbonyl (C=O) groups is 1. The first-order chi connectivity index (χ1) is 14.8. The van der Waals surface area contributed by atoms with Gasteiger partial charge in [0, 0.05) is 24.4 Å². The molecule has 0 aromatic heterocycles. The molecule has 1 N–H and O–H groups in total. The zero-order valence-electron chi connectivity index (χ0n) is 17.7. The number of hydrogen-bond donors (Lipinski definition) is 1. The van der Waals surface area contributed by atoms with Gasteiger partial charge >= 0.3 is 0 Å². The van der Waals surface area contributed by atoms with Crippen LogP contribution < -0.4 is 4.72 Å². The summed E-state index contributed by atoms with van der Waals surface area (Å²) in [6.07, 6.45) is 4.05. The average molecular weight is 441 g/mol. The fraction of sp³-hybridized carbons (Fsp3) is 0.458. The highest BCUT2D eigenvalue weighted by Gasteiger charge is 2.61. The summed E-state index contributed by atoms with van der Waals surface area (Å²) >= 11 is 0. The van der Waals surface area contributed by atoms with Crippen molar-refractivity contribution < 1.29 is 17.9 Å². The molecule has 1 amide bonds. The van der Waals surface area contributed by atoms with Crippen molar-refractivity contribution in [1.82, 2.24) is 9.62 Å². The average Bonchev–Trinajstić information content (AvgIpc) is 3.43. The topological polar surface area (TPSA) is 75.7 Å². The van der Waals surface area contributed by atoms with Crippen molar-refractivity contribution in [3.8, 4) is 11.1 Å². The summed E-state index contributed by atoms with van der Waals surface area (Å²) in [6.45, 7) is 1.21. The quantitative estimate of drug-likeness (QED) is 0.749. The molecule has 5 rings (SSSR count). The largest absolute Gasteiger partial charge is 0.368 e. The number of ether oxygens (including phenoxy) is 1. The van der Waals surface area contributed by atoms with Crippen LogP contribution in [0.25, 0.3) is 11.1 Å². The van der Waals surface area contributed by atoms with Crippen LogP contribution in [-0.4, -0.2) is 56.8 Å². The third kappa shape index (κ3) is 4.14. The third-order valence-corrected chi connectivity index (χ3v) is 7.58. The van der Waals surface area contributed by atoms with E-state index in [-0.39, 0.29) is 29.5 Å². The predicted octanol–water partition coefficient (Wildman–Crippen LogP) is 2.59. The summed E-state index contributed by atoms with van der Waals surface area (Å²) in [6, 6.07) is 18.0. The summed E-state index contributed by atoms with van der Waals surface area (Å²) in [4.78, 5) is 15.1. The summed E-state index contributed by atoms with van der Waals surface area (Å²) < 4.78 is 32.7. The zero-order chi connectivity index (χ0) is 21.6. The molecule has 0 bridgehead atoms. The van der Waals surface area contributed by atoms with Gasteiger partial charge in [-0.15, -0.1) is 0 Å². The molecule has 1 aliphatic carbocycles. The lowest BCUT2D eigenvalue weighted by molar-refractivity contribution is -0.157. The lowest BCUT2D eigenvalue weighted by Gasteiger charge is -2.34. The maximum Gasteiger partial charge on any atom is 0.252 e. The molecule has 3 aliphatic rings. The Morgan fingerprint density at radius 3 is 2.45 bits per heavy atom. The molecule has 31 heavy (non-hydrogen) atoms. The van der Waals surface area contributed by atoms with E-state index in [9.17, 15) is 13.2 Å². The van der Waals surface area contributed by atoms with Crippen molar-refractivity contribution in [2.75, 3.05) is 19.4 Å². The highest BCUT2D eigenvalue weighted by Crippen LogP contribution is 2.55. The lowest BCUT2D eigenvalue weighted by Crippen LogP contribution is -2.52. The first-order valence-electron chi connectivity index (χ1n) is 10.9. The fourth-order valence-corrected chi connectivity index (χ4v) is 5.91. The number of carbonyl (C=O) groups excluding carboxylic acids is 1. The molecule has 7 heteroatoms. The maximum absolute atomic E-state index is 13.2. The van der Waals surface area contributed by atoms with Gasteiger partial charge < -0.3 is 9.64 Å². The van der Waals surface area contributed by atoms with Gasteiger partial charge in [-0.05, 0) is 36.0 Å². The van der Waals surface area contributed by atoms with Crippen LogP contribution in [0, 0.1) is 5.41 Å². The predicted molar refractivity (Wildman–Crippen MR) is 119 cm³/mol. The Morgan fingerprint density at radius 1 is 1.13 bits per heavy atom. The Kier molecular flexibility index (Phi) is 5.15. The lowest BCUT2D eigenvalue weighted by atomic mass is 9.91. The second kappa shape index (κ2) is 7.73. The molecule has 1 spiro atoms. The number of sulfonamides is 1. The molecular formula is C24H28N2O4S. The molecule has 3 fully saturated rings. The van der Waals surface area contributed by atoms with Gasteiger partial charge in [0.2, 0.25) is 10.0 Å². The van der Waals surface area contributed by atoms with Crippen molar-refractivity contribution in [3.63, 3.8) is 0 Å². The second-order valence-corrected chi connectivity index (χ2v) is 11.0. The van der Waals surface area contributed by atoms with Crippen molar-refractivity contribution in [3.05, 3.63) is 60.2 Å². The van der Waals surface area contributed by atoms with Gasteiger partial charge in [-0.2, -0.15) is 0 Å². The summed E-state index contributed by atoms with van der Waals surface area (Å²) in [5, 5.41) is 0. The van der Waals surface area contributed by atoms with E-state index in [0.717, 1.165) is 36.0 Å². The molecule has 1 saturated carbocycles. The smallest absolute Gasteiger partial charge is 0.252 e. The number of rotatable bonds is 6. The first kappa shape index (κ1) is 20.7. The Bertz CT molecular complexity index is 1080. The van der Waals surface area contributed by atoms with Crippen LogP contribution >= 0.6 is 0 Å². The standard InChI is InChI=1S/C24H28N2O4S/c1-31(28,29)25-22-20(26(16-24(22)11-12-24)23(27)21-10-13-30-21)15-17-6-5-9-19(14-17)18-7-3-2-4-8-18/h2-9,14,20-22,25H,10-13,15-16H2,1H3/t20-,21?,22+/m0/s1. The van der Waals surface area contributed by atoms with Gasteiger partial charge in [-0.25, -0.2) is 13.1 Å². The number of benzene rings is 2. The Labute approximate surface area is 183 Å². The Balaban J connectivity index is 1.46. The molecular weight excluding hydrogens is 412 g/mol. The van der Waals surface area contributed by atoms with E-state index in [1.807, 2.05) is 29.2 Å². The third-order valence-electron chi connectivity index (χ3n) is 6.90. The minimum absolute atomic E-state index is 0.000426. The van der Waals surface area contributed by atoms with E-state index in [4.69, 9.17) is 4.74 Å². The van der Waals surface area contributed by atoms with Gasteiger partial charge in [0.15, 0.2) is 0 Å². The van der Waals surface area contributed by atoms with Gasteiger partial charge in [0.25, 0.3) is 5.91 Å². The fourth-order valence-electron chi connectivity index (χ4n) is 5.04. The van der Waals surface area contributed by atoms with Crippen LogP contribution in [0.15, 0.2) is 54.6 Å².